The third-order valence-electron chi connectivity index (χ3n) is 5.25. The first-order chi connectivity index (χ1) is 11.2. The van der Waals surface area contributed by atoms with Gasteiger partial charge in [0.15, 0.2) is 0 Å². The quantitative estimate of drug-likeness (QED) is 0.850. The highest BCUT2D eigenvalue weighted by atomic mass is 16.2. The molecule has 1 aromatic heterocycles. The lowest BCUT2D eigenvalue weighted by Crippen LogP contribution is -2.38. The summed E-state index contributed by atoms with van der Waals surface area (Å²) in [5.74, 6) is 1.15. The van der Waals surface area contributed by atoms with Crippen LogP contribution in [0.25, 0.3) is 0 Å². The van der Waals surface area contributed by atoms with Crippen molar-refractivity contribution in [3.8, 4) is 0 Å². The smallest absolute Gasteiger partial charge is 0.231 e. The molecule has 2 aliphatic rings. The second-order valence-electron chi connectivity index (χ2n) is 6.53. The minimum Gasteiger partial charge on any atom is -0.345 e. The predicted octanol–water partition coefficient (Wildman–Crippen LogP) is 1.93. The molecule has 2 fully saturated rings. The summed E-state index contributed by atoms with van der Waals surface area (Å²) in [4.78, 5) is 25.7. The van der Waals surface area contributed by atoms with Crippen LogP contribution >= 0.6 is 0 Å². The number of carbonyl (C=O) groups excluding carboxylic acids is 1. The van der Waals surface area contributed by atoms with Gasteiger partial charge in [0, 0.05) is 45.0 Å². The minimum absolute atomic E-state index is 0.185. The number of carbonyl (C=O) groups is 1. The van der Waals surface area contributed by atoms with Crippen LogP contribution in [0.3, 0.4) is 0 Å². The van der Waals surface area contributed by atoms with Crippen LogP contribution in [0.5, 0.6) is 0 Å². The van der Waals surface area contributed by atoms with Gasteiger partial charge >= 0.3 is 0 Å². The molecule has 0 radical (unpaired) electrons. The lowest BCUT2D eigenvalue weighted by atomic mass is 9.73. The average Bonchev–Trinajstić information content (AvgIpc) is 3.13. The van der Waals surface area contributed by atoms with Crippen molar-refractivity contribution < 1.29 is 4.79 Å². The Balaban J connectivity index is 1.75. The van der Waals surface area contributed by atoms with Crippen molar-refractivity contribution in [1.82, 2.24) is 14.9 Å². The van der Waals surface area contributed by atoms with Crippen molar-refractivity contribution in [3.63, 3.8) is 0 Å². The zero-order valence-electron chi connectivity index (χ0n) is 13.2. The molecule has 3 heterocycles. The van der Waals surface area contributed by atoms with Gasteiger partial charge in [-0.2, -0.15) is 0 Å². The van der Waals surface area contributed by atoms with Gasteiger partial charge in [0.2, 0.25) is 11.9 Å². The van der Waals surface area contributed by atoms with E-state index in [0.717, 1.165) is 19.5 Å². The van der Waals surface area contributed by atoms with Crippen molar-refractivity contribution in [2.75, 3.05) is 31.6 Å². The molecule has 1 aromatic carbocycles. The Morgan fingerprint density at radius 2 is 1.87 bits per heavy atom. The highest BCUT2D eigenvalue weighted by molar-refractivity contribution is 5.87. The Bertz CT molecular complexity index is 705. The van der Waals surface area contributed by atoms with Gasteiger partial charge in [0.1, 0.15) is 0 Å². The third-order valence-corrected chi connectivity index (χ3v) is 5.25. The number of nitrogens with zero attached hydrogens (tertiary/aromatic N) is 4. The fourth-order valence-corrected chi connectivity index (χ4v) is 4.05. The van der Waals surface area contributed by atoms with Crippen LogP contribution in [0.2, 0.25) is 0 Å². The summed E-state index contributed by atoms with van der Waals surface area (Å²) in [6, 6.07) is 12.2. The maximum absolute atomic E-state index is 12.9. The van der Waals surface area contributed by atoms with Crippen molar-refractivity contribution in [2.24, 2.45) is 5.41 Å². The largest absolute Gasteiger partial charge is 0.345 e. The number of hydrogen-bond donors (Lipinski definition) is 0. The van der Waals surface area contributed by atoms with E-state index in [9.17, 15) is 4.79 Å². The first-order valence-electron chi connectivity index (χ1n) is 8.03. The van der Waals surface area contributed by atoms with Crippen LogP contribution in [-0.4, -0.2) is 47.5 Å². The summed E-state index contributed by atoms with van der Waals surface area (Å²) in [5.41, 5.74) is 0.879. The molecule has 1 spiro atoms. The van der Waals surface area contributed by atoms with Gasteiger partial charge in [-0.15, -0.1) is 0 Å². The van der Waals surface area contributed by atoms with Crippen LogP contribution in [-0.2, 0) is 4.79 Å². The molecule has 0 N–H and O–H groups in total. The van der Waals surface area contributed by atoms with Crippen molar-refractivity contribution in [2.45, 2.75) is 12.3 Å². The van der Waals surface area contributed by atoms with Gasteiger partial charge in [-0.1, -0.05) is 30.3 Å². The van der Waals surface area contributed by atoms with E-state index >= 15 is 0 Å². The van der Waals surface area contributed by atoms with Gasteiger partial charge in [-0.25, -0.2) is 9.97 Å². The Morgan fingerprint density at radius 3 is 2.52 bits per heavy atom. The standard InChI is InChI=1S/C18H20N4O/c1-21-11-8-18(16(21)23)13-22(17-19-9-5-10-20-17)12-15(18)14-6-3-2-4-7-14/h2-7,9-10,15H,8,11-13H2,1H3/t15-,18+/m0/s1. The summed E-state index contributed by atoms with van der Waals surface area (Å²) in [5, 5.41) is 0. The zero-order chi connectivity index (χ0) is 15.9. The molecule has 1 amide bonds. The Labute approximate surface area is 136 Å². The van der Waals surface area contributed by atoms with Crippen LogP contribution in [0, 0.1) is 5.41 Å². The molecule has 2 aliphatic heterocycles. The number of likely N-dealkylation sites (tertiary alicyclic amines) is 1. The topological polar surface area (TPSA) is 49.3 Å². The van der Waals surface area contributed by atoms with Gasteiger partial charge in [0.25, 0.3) is 0 Å². The van der Waals surface area contributed by atoms with Crippen molar-refractivity contribution >= 4 is 11.9 Å². The molecule has 0 saturated carbocycles. The average molecular weight is 308 g/mol. The third kappa shape index (κ3) is 2.19. The number of benzene rings is 1. The normalized spacial score (nSPS) is 27.2. The lowest BCUT2D eigenvalue weighted by Gasteiger charge is -2.28. The fraction of sp³-hybridized carbons (Fsp3) is 0.389. The predicted molar refractivity (Wildman–Crippen MR) is 88.1 cm³/mol. The Hall–Kier alpha value is -2.43. The van der Waals surface area contributed by atoms with E-state index in [1.54, 1.807) is 12.4 Å². The van der Waals surface area contributed by atoms with Crippen LogP contribution in [0.15, 0.2) is 48.8 Å². The molecule has 118 valence electrons. The van der Waals surface area contributed by atoms with Gasteiger partial charge in [-0.3, -0.25) is 4.79 Å². The number of amides is 1. The van der Waals surface area contributed by atoms with E-state index in [4.69, 9.17) is 0 Å². The van der Waals surface area contributed by atoms with Crippen molar-refractivity contribution in [1.29, 1.82) is 0 Å². The molecule has 23 heavy (non-hydrogen) atoms. The minimum atomic E-state index is -0.352. The molecule has 0 unspecified atom stereocenters. The van der Waals surface area contributed by atoms with E-state index in [0.29, 0.717) is 12.5 Å². The number of hydrogen-bond acceptors (Lipinski definition) is 4. The van der Waals surface area contributed by atoms with Gasteiger partial charge in [-0.05, 0) is 18.1 Å². The summed E-state index contributed by atoms with van der Waals surface area (Å²) in [7, 11) is 1.90. The second kappa shape index (κ2) is 5.33. The van der Waals surface area contributed by atoms with E-state index in [2.05, 4.69) is 27.0 Å². The number of aromatic nitrogens is 2. The monoisotopic (exact) mass is 308 g/mol. The summed E-state index contributed by atoms with van der Waals surface area (Å²) < 4.78 is 0. The van der Waals surface area contributed by atoms with E-state index < -0.39 is 0 Å². The SMILES string of the molecule is CN1CC[C@]2(CN(c3ncccn3)C[C@H]2c2ccccc2)C1=O. The summed E-state index contributed by atoms with van der Waals surface area (Å²) >= 11 is 0. The number of rotatable bonds is 2. The first-order valence-corrected chi connectivity index (χ1v) is 8.03. The van der Waals surface area contributed by atoms with E-state index in [1.165, 1.54) is 5.56 Å². The molecule has 0 bridgehead atoms. The van der Waals surface area contributed by atoms with Crippen molar-refractivity contribution in [3.05, 3.63) is 54.4 Å². The molecule has 4 rings (SSSR count). The molecule has 5 heteroatoms. The highest BCUT2D eigenvalue weighted by Crippen LogP contribution is 2.50. The Morgan fingerprint density at radius 1 is 1.13 bits per heavy atom. The van der Waals surface area contributed by atoms with Gasteiger partial charge in [0.05, 0.1) is 5.41 Å². The van der Waals surface area contributed by atoms with E-state index in [1.807, 2.05) is 36.2 Å². The maximum Gasteiger partial charge on any atom is 0.231 e. The van der Waals surface area contributed by atoms with Crippen LogP contribution < -0.4 is 4.90 Å². The first kappa shape index (κ1) is 14.2. The molecule has 2 aromatic rings. The maximum atomic E-state index is 12.9. The van der Waals surface area contributed by atoms with Crippen LogP contribution in [0.1, 0.15) is 17.9 Å². The van der Waals surface area contributed by atoms with Crippen LogP contribution in [0.4, 0.5) is 5.95 Å². The summed E-state index contributed by atoms with van der Waals surface area (Å²) in [6.45, 7) is 2.30. The zero-order valence-corrected chi connectivity index (χ0v) is 13.2. The van der Waals surface area contributed by atoms with Gasteiger partial charge < -0.3 is 9.80 Å². The highest BCUT2D eigenvalue weighted by Gasteiger charge is 2.56. The molecule has 2 saturated heterocycles. The fourth-order valence-electron chi connectivity index (χ4n) is 4.05. The Kier molecular flexibility index (Phi) is 3.29. The molecule has 5 nitrogen and oxygen atoms in total. The summed E-state index contributed by atoms with van der Waals surface area (Å²) in [6.07, 6.45) is 4.41. The second-order valence-corrected chi connectivity index (χ2v) is 6.53. The molecular weight excluding hydrogens is 288 g/mol. The molecule has 2 atom stereocenters. The molecular formula is C18H20N4O. The lowest BCUT2D eigenvalue weighted by molar-refractivity contribution is -0.134. The molecule has 0 aliphatic carbocycles. The van der Waals surface area contributed by atoms with E-state index in [-0.39, 0.29) is 17.2 Å². The number of anilines is 1.